The van der Waals surface area contributed by atoms with Crippen molar-refractivity contribution in [1.82, 2.24) is 34.6 Å². The number of aromatic amines is 1. The van der Waals surface area contributed by atoms with Crippen molar-refractivity contribution in [1.29, 1.82) is 0 Å². The molecule has 1 saturated carbocycles. The molecule has 0 amide bonds. The standard InChI is InChI=1S/C22H24F2N8/c1-31-8-6-13(7-9-31)32-22-20(25-10-16(28-22)12-2-3-12)21(30-32)26-11-17-27-15-5-4-14(23)18(24)19(15)29-17/h4-5,10,12-13H,2-3,6-9,11H2,1H3,(H,26,30)(H,27,29). The summed E-state index contributed by atoms with van der Waals surface area (Å²) >= 11 is 0. The Morgan fingerprint density at radius 1 is 1.09 bits per heavy atom. The number of aromatic nitrogens is 6. The van der Waals surface area contributed by atoms with Gasteiger partial charge in [0, 0.05) is 12.1 Å². The number of nitrogens with one attached hydrogen (secondary N) is 2. The van der Waals surface area contributed by atoms with Gasteiger partial charge in [-0.15, -0.1) is 0 Å². The summed E-state index contributed by atoms with van der Waals surface area (Å²) in [5, 5.41) is 8.12. The van der Waals surface area contributed by atoms with E-state index in [1.54, 1.807) is 0 Å². The second-order valence-corrected chi connectivity index (χ2v) is 8.86. The van der Waals surface area contributed by atoms with E-state index in [9.17, 15) is 8.78 Å². The number of hydrogen-bond donors (Lipinski definition) is 2. The van der Waals surface area contributed by atoms with Crippen LogP contribution >= 0.6 is 0 Å². The van der Waals surface area contributed by atoms with Gasteiger partial charge in [-0.25, -0.2) is 28.4 Å². The number of halogens is 2. The van der Waals surface area contributed by atoms with Gasteiger partial charge < -0.3 is 15.2 Å². The van der Waals surface area contributed by atoms with Crippen molar-refractivity contribution in [3.8, 4) is 0 Å². The minimum Gasteiger partial charge on any atom is -0.360 e. The summed E-state index contributed by atoms with van der Waals surface area (Å²) in [7, 11) is 2.14. The highest BCUT2D eigenvalue weighted by molar-refractivity contribution is 5.83. The second kappa shape index (κ2) is 7.47. The van der Waals surface area contributed by atoms with Gasteiger partial charge in [0.2, 0.25) is 0 Å². The molecule has 3 aromatic heterocycles. The van der Waals surface area contributed by atoms with E-state index in [4.69, 9.17) is 15.1 Å². The van der Waals surface area contributed by atoms with E-state index in [1.165, 1.54) is 6.07 Å². The van der Waals surface area contributed by atoms with E-state index >= 15 is 0 Å². The zero-order valence-corrected chi connectivity index (χ0v) is 17.8. The maximum atomic E-state index is 14.0. The first-order valence-electron chi connectivity index (χ1n) is 11.1. The maximum Gasteiger partial charge on any atom is 0.186 e. The average molecular weight is 438 g/mol. The van der Waals surface area contributed by atoms with Gasteiger partial charge in [0.15, 0.2) is 28.6 Å². The molecule has 4 aromatic rings. The number of hydrogen-bond acceptors (Lipinski definition) is 6. The van der Waals surface area contributed by atoms with Crippen LogP contribution in [0.15, 0.2) is 18.3 Å². The van der Waals surface area contributed by atoms with Gasteiger partial charge in [-0.2, -0.15) is 5.10 Å². The lowest BCUT2D eigenvalue weighted by Crippen LogP contribution is -2.32. The van der Waals surface area contributed by atoms with Crippen molar-refractivity contribution in [3.63, 3.8) is 0 Å². The maximum absolute atomic E-state index is 14.0. The number of fused-ring (bicyclic) bond motifs is 2. The molecular formula is C22H24F2N8. The monoisotopic (exact) mass is 438 g/mol. The number of anilines is 1. The first-order chi connectivity index (χ1) is 15.6. The van der Waals surface area contributed by atoms with Crippen LogP contribution in [0.5, 0.6) is 0 Å². The topological polar surface area (TPSA) is 87.5 Å². The van der Waals surface area contributed by atoms with Crippen LogP contribution in [0, 0.1) is 11.6 Å². The molecule has 6 rings (SSSR count). The molecule has 0 radical (unpaired) electrons. The van der Waals surface area contributed by atoms with Crippen molar-refractivity contribution in [3.05, 3.63) is 41.5 Å². The van der Waals surface area contributed by atoms with E-state index in [-0.39, 0.29) is 18.1 Å². The number of imidazole rings is 1. The summed E-state index contributed by atoms with van der Waals surface area (Å²) < 4.78 is 29.5. The molecular weight excluding hydrogens is 414 g/mol. The molecule has 2 aliphatic rings. The number of benzene rings is 1. The van der Waals surface area contributed by atoms with Crippen molar-refractivity contribution in [2.75, 3.05) is 25.5 Å². The van der Waals surface area contributed by atoms with E-state index in [0.717, 1.165) is 61.7 Å². The SMILES string of the molecule is CN1CCC(n2nc(NCc3nc4c(F)c(F)ccc4[nH]3)c3ncc(C4CC4)nc32)CC1. The normalized spacial score (nSPS) is 18.1. The first-order valence-corrected chi connectivity index (χ1v) is 11.1. The predicted octanol–water partition coefficient (Wildman–Crippen LogP) is 3.74. The fourth-order valence-electron chi connectivity index (χ4n) is 4.43. The van der Waals surface area contributed by atoms with Crippen molar-refractivity contribution < 1.29 is 8.78 Å². The molecule has 2 fully saturated rings. The van der Waals surface area contributed by atoms with Gasteiger partial charge in [0.1, 0.15) is 11.3 Å². The lowest BCUT2D eigenvalue weighted by atomic mass is 10.1. The van der Waals surface area contributed by atoms with Crippen LogP contribution in [0.2, 0.25) is 0 Å². The Labute approximate surface area is 183 Å². The average Bonchev–Trinajstić information content (AvgIpc) is 3.47. The van der Waals surface area contributed by atoms with Gasteiger partial charge in [-0.05, 0) is 58.0 Å². The highest BCUT2D eigenvalue weighted by Crippen LogP contribution is 2.39. The quantitative estimate of drug-likeness (QED) is 0.494. The highest BCUT2D eigenvalue weighted by Gasteiger charge is 2.28. The summed E-state index contributed by atoms with van der Waals surface area (Å²) in [4.78, 5) is 19.2. The van der Waals surface area contributed by atoms with E-state index < -0.39 is 11.6 Å². The van der Waals surface area contributed by atoms with E-state index in [0.29, 0.717) is 23.1 Å². The van der Waals surface area contributed by atoms with Crippen molar-refractivity contribution in [2.45, 2.75) is 44.2 Å². The van der Waals surface area contributed by atoms with Crippen molar-refractivity contribution >= 4 is 28.0 Å². The molecule has 166 valence electrons. The number of rotatable bonds is 5. The Morgan fingerprint density at radius 3 is 2.69 bits per heavy atom. The number of piperidine rings is 1. The molecule has 0 unspecified atom stereocenters. The molecule has 1 saturated heterocycles. The van der Waals surface area contributed by atoms with Crippen LogP contribution < -0.4 is 5.32 Å². The minimum atomic E-state index is -0.944. The Kier molecular flexibility index (Phi) is 4.56. The molecule has 1 aromatic carbocycles. The largest absolute Gasteiger partial charge is 0.360 e. The molecule has 32 heavy (non-hydrogen) atoms. The van der Waals surface area contributed by atoms with Crippen LogP contribution in [0.3, 0.4) is 0 Å². The summed E-state index contributed by atoms with van der Waals surface area (Å²) in [6.45, 7) is 2.32. The first kappa shape index (κ1) is 19.5. The fourth-order valence-corrected chi connectivity index (χ4v) is 4.43. The fraction of sp³-hybridized carbons (Fsp3) is 0.455. The van der Waals surface area contributed by atoms with Crippen LogP contribution in [0.1, 0.15) is 49.2 Å². The molecule has 0 spiro atoms. The second-order valence-electron chi connectivity index (χ2n) is 8.86. The third kappa shape index (κ3) is 3.38. The molecule has 0 bridgehead atoms. The summed E-state index contributed by atoms with van der Waals surface area (Å²) in [5.74, 6) is -0.224. The molecule has 8 nitrogen and oxygen atoms in total. The lowest BCUT2D eigenvalue weighted by molar-refractivity contribution is 0.215. The molecule has 0 atom stereocenters. The molecule has 1 aliphatic carbocycles. The van der Waals surface area contributed by atoms with E-state index in [2.05, 4.69) is 27.2 Å². The Balaban J connectivity index is 1.32. The summed E-state index contributed by atoms with van der Waals surface area (Å²) in [6.07, 6.45) is 6.20. The predicted molar refractivity (Wildman–Crippen MR) is 116 cm³/mol. The molecule has 10 heteroatoms. The van der Waals surface area contributed by atoms with Crippen LogP contribution in [0.25, 0.3) is 22.2 Å². The number of nitrogens with zero attached hydrogens (tertiary/aromatic N) is 6. The van der Waals surface area contributed by atoms with Gasteiger partial charge in [0.25, 0.3) is 0 Å². The van der Waals surface area contributed by atoms with E-state index in [1.807, 2.05) is 10.9 Å². The van der Waals surface area contributed by atoms with Crippen molar-refractivity contribution in [2.24, 2.45) is 0 Å². The summed E-state index contributed by atoms with van der Waals surface area (Å²) in [5.41, 5.74) is 3.02. The number of likely N-dealkylation sites (tertiary alicyclic amines) is 1. The molecule has 2 N–H and O–H groups in total. The third-order valence-electron chi connectivity index (χ3n) is 6.47. The molecule has 4 heterocycles. The smallest absolute Gasteiger partial charge is 0.186 e. The van der Waals surface area contributed by atoms with Gasteiger partial charge in [0.05, 0.1) is 23.8 Å². The van der Waals surface area contributed by atoms with Gasteiger partial charge >= 0.3 is 0 Å². The lowest BCUT2D eigenvalue weighted by Gasteiger charge is -2.29. The van der Waals surface area contributed by atoms with Crippen LogP contribution in [0.4, 0.5) is 14.6 Å². The van der Waals surface area contributed by atoms with Gasteiger partial charge in [-0.1, -0.05) is 0 Å². The van der Waals surface area contributed by atoms with Crippen LogP contribution in [-0.2, 0) is 6.54 Å². The Hall–Kier alpha value is -3.14. The van der Waals surface area contributed by atoms with Crippen LogP contribution in [-0.4, -0.2) is 54.8 Å². The molecule has 1 aliphatic heterocycles. The Bertz CT molecular complexity index is 1300. The number of H-pyrrole nitrogens is 1. The zero-order valence-electron chi connectivity index (χ0n) is 17.8. The summed E-state index contributed by atoms with van der Waals surface area (Å²) in [6, 6.07) is 2.85. The zero-order chi connectivity index (χ0) is 21.8. The Morgan fingerprint density at radius 2 is 1.91 bits per heavy atom. The minimum absolute atomic E-state index is 0.00243. The van der Waals surface area contributed by atoms with Gasteiger partial charge in [-0.3, -0.25) is 0 Å². The highest BCUT2D eigenvalue weighted by atomic mass is 19.2. The third-order valence-corrected chi connectivity index (χ3v) is 6.47.